The van der Waals surface area contributed by atoms with Crippen LogP contribution in [0.15, 0.2) is 107 Å². The summed E-state index contributed by atoms with van der Waals surface area (Å²) >= 11 is 7.33. The molecule has 1 aromatic heterocycles. The molecule has 16 heteroatoms. The first-order valence-electron chi connectivity index (χ1n) is 22.6. The number of carbonyl (C=O) groups excluding carboxylic acids is 1. The van der Waals surface area contributed by atoms with Crippen molar-refractivity contribution < 1.29 is 37.3 Å². The van der Waals surface area contributed by atoms with Gasteiger partial charge in [-0.1, -0.05) is 96.4 Å². The lowest BCUT2D eigenvalue weighted by atomic mass is 9.94. The summed E-state index contributed by atoms with van der Waals surface area (Å²) in [5.74, 6) is 0.0482. The molecule has 3 unspecified atom stereocenters. The lowest BCUT2D eigenvalue weighted by Crippen LogP contribution is -2.55. The van der Waals surface area contributed by atoms with Gasteiger partial charge in [-0.3, -0.25) is 4.79 Å². The average Bonchev–Trinajstić information content (AvgIpc) is 4.02. The number of carbonyl (C=O) groups is 2. The molecule has 3 atom stereocenters. The summed E-state index contributed by atoms with van der Waals surface area (Å²) < 4.78 is 49.7. The second-order valence-corrected chi connectivity index (χ2v) is 21.1. The SMILES string of the molecule is Cc1ccc(COc2ccc(C3COc4cc5c(cc4O3)CN(S(=O)(=O)c3sc(NCC4CCCC4)nc3C)C(C(=O)NC(Cc3ccc(-c4ccc(C#N)cc4)cc3)C(=O)O)C5)cc2)cc1Cl. The number of aryl methyl sites for hydroxylation is 2. The number of hydrogen-bond acceptors (Lipinski definition) is 11. The van der Waals surface area contributed by atoms with Crippen molar-refractivity contribution in [2.75, 3.05) is 18.5 Å². The number of hydrogen-bond donors (Lipinski definition) is 3. The van der Waals surface area contributed by atoms with Crippen LogP contribution in [0.25, 0.3) is 11.1 Å². The van der Waals surface area contributed by atoms with Crippen LogP contribution in [-0.2, 0) is 45.6 Å². The largest absolute Gasteiger partial charge is 0.489 e. The fourth-order valence-corrected chi connectivity index (χ4v) is 12.3. The molecule has 6 aromatic rings. The summed E-state index contributed by atoms with van der Waals surface area (Å²) in [4.78, 5) is 31.8. The standard InChI is InChI=1S/C52H50ClN5O8S2/c1-31-7-8-36(21-43(31)53)29-64-42-19-17-39(18-20-42)48-30-65-46-24-40-23-45(49(59)57-44(50(60)61)22-33-9-13-37(14-10-33)38-15-11-34(26-54)12-16-38)58(28-41(40)25-47(46)66-48)68(62,63)51-32(2)56-52(67-51)55-27-35-5-3-4-6-35/h7-21,24-25,35,44-45,48H,3-6,22-23,27-30H2,1-2H3,(H,55,56)(H,57,59)(H,60,61). The van der Waals surface area contributed by atoms with E-state index in [0.717, 1.165) is 56.3 Å². The quantitative estimate of drug-likeness (QED) is 0.0892. The molecule has 1 amide bonds. The summed E-state index contributed by atoms with van der Waals surface area (Å²) in [5.41, 5.74) is 7.38. The molecular weight excluding hydrogens is 922 g/mol. The van der Waals surface area contributed by atoms with Crippen molar-refractivity contribution in [3.05, 3.63) is 153 Å². The highest BCUT2D eigenvalue weighted by Crippen LogP contribution is 2.43. The lowest BCUT2D eigenvalue weighted by Gasteiger charge is -2.36. The summed E-state index contributed by atoms with van der Waals surface area (Å²) in [6.07, 6.45) is 4.00. The van der Waals surface area contributed by atoms with E-state index in [4.69, 9.17) is 25.8 Å². The van der Waals surface area contributed by atoms with Crippen molar-refractivity contribution in [3.8, 4) is 34.4 Å². The normalized spacial score (nSPS) is 17.4. The fraction of sp³-hybridized carbons (Fsp3) is 0.308. The Morgan fingerprint density at radius 1 is 0.941 bits per heavy atom. The molecule has 350 valence electrons. The number of halogens is 1. The van der Waals surface area contributed by atoms with Crippen molar-refractivity contribution in [1.82, 2.24) is 14.6 Å². The number of carboxylic acid groups (broad SMARTS) is 1. The van der Waals surface area contributed by atoms with Crippen molar-refractivity contribution >= 4 is 50.0 Å². The monoisotopic (exact) mass is 971 g/mol. The molecular formula is C52H50ClN5O8S2. The highest BCUT2D eigenvalue weighted by Gasteiger charge is 2.43. The van der Waals surface area contributed by atoms with E-state index in [9.17, 15) is 28.4 Å². The van der Waals surface area contributed by atoms with Crippen molar-refractivity contribution in [2.24, 2.45) is 5.92 Å². The van der Waals surface area contributed by atoms with Gasteiger partial charge in [0.05, 0.1) is 17.3 Å². The van der Waals surface area contributed by atoms with Gasteiger partial charge in [-0.2, -0.15) is 9.57 Å². The zero-order valence-corrected chi connectivity index (χ0v) is 39.9. The molecule has 0 bridgehead atoms. The van der Waals surface area contributed by atoms with Crippen LogP contribution in [0.1, 0.15) is 76.4 Å². The van der Waals surface area contributed by atoms with E-state index in [1.807, 2.05) is 73.7 Å². The Kier molecular flexibility index (Phi) is 13.7. The number of anilines is 1. The number of ether oxygens (including phenoxy) is 3. The van der Waals surface area contributed by atoms with E-state index < -0.39 is 40.1 Å². The van der Waals surface area contributed by atoms with Crippen LogP contribution >= 0.6 is 22.9 Å². The number of aromatic nitrogens is 1. The number of nitrogens with zero attached hydrogens (tertiary/aromatic N) is 3. The van der Waals surface area contributed by atoms with Gasteiger partial charge in [-0.15, -0.1) is 0 Å². The predicted octanol–water partition coefficient (Wildman–Crippen LogP) is 9.57. The van der Waals surface area contributed by atoms with Gasteiger partial charge >= 0.3 is 5.97 Å². The number of fused-ring (bicyclic) bond motifs is 2. The van der Waals surface area contributed by atoms with Gasteiger partial charge in [-0.05, 0) is 126 Å². The molecule has 3 heterocycles. The Morgan fingerprint density at radius 2 is 1.63 bits per heavy atom. The van der Waals surface area contributed by atoms with Crippen molar-refractivity contribution in [1.29, 1.82) is 5.26 Å². The summed E-state index contributed by atoms with van der Waals surface area (Å²) in [5, 5.41) is 26.8. The van der Waals surface area contributed by atoms with Gasteiger partial charge in [-0.25, -0.2) is 18.2 Å². The molecule has 2 aliphatic heterocycles. The molecule has 9 rings (SSSR count). The van der Waals surface area contributed by atoms with Crippen LogP contribution in [0.3, 0.4) is 0 Å². The van der Waals surface area contributed by atoms with E-state index in [0.29, 0.717) is 74.4 Å². The average molecular weight is 973 g/mol. The number of nitriles is 1. The first kappa shape index (κ1) is 46.7. The molecule has 13 nitrogen and oxygen atoms in total. The Hall–Kier alpha value is -6.44. The molecule has 1 aliphatic carbocycles. The Balaban J connectivity index is 0.948. The molecule has 0 radical (unpaired) electrons. The highest BCUT2D eigenvalue weighted by atomic mass is 35.5. The molecule has 3 aliphatic rings. The predicted molar refractivity (Wildman–Crippen MR) is 260 cm³/mol. The molecule has 3 N–H and O–H groups in total. The van der Waals surface area contributed by atoms with Gasteiger partial charge in [0.25, 0.3) is 10.0 Å². The van der Waals surface area contributed by atoms with Gasteiger partial charge in [0.1, 0.15) is 31.0 Å². The van der Waals surface area contributed by atoms with E-state index >= 15 is 0 Å². The number of amides is 1. The maximum Gasteiger partial charge on any atom is 0.326 e. The first-order valence-corrected chi connectivity index (χ1v) is 25.2. The third kappa shape index (κ3) is 10.3. The van der Waals surface area contributed by atoms with Gasteiger partial charge < -0.3 is 30.0 Å². The Morgan fingerprint density at radius 3 is 2.32 bits per heavy atom. The zero-order chi connectivity index (χ0) is 47.5. The molecule has 1 fully saturated rings. The number of nitrogens with one attached hydrogen (secondary N) is 2. The Labute approximate surface area is 404 Å². The topological polar surface area (TPSA) is 180 Å². The van der Waals surface area contributed by atoms with Crippen LogP contribution in [0.4, 0.5) is 5.13 Å². The minimum atomic E-state index is -4.37. The molecule has 1 saturated carbocycles. The number of rotatable bonds is 15. The molecule has 68 heavy (non-hydrogen) atoms. The van der Waals surface area contributed by atoms with Crippen LogP contribution in [0.2, 0.25) is 5.02 Å². The van der Waals surface area contributed by atoms with Crippen molar-refractivity contribution in [2.45, 2.75) is 87.9 Å². The van der Waals surface area contributed by atoms with E-state index in [-0.39, 0.29) is 30.2 Å². The second-order valence-electron chi connectivity index (χ2n) is 17.6. The van der Waals surface area contributed by atoms with Crippen molar-refractivity contribution in [3.63, 3.8) is 0 Å². The zero-order valence-electron chi connectivity index (χ0n) is 37.5. The molecule has 0 spiro atoms. The number of aliphatic carboxylic acids is 1. The fourth-order valence-electron chi connectivity index (χ4n) is 8.96. The Bertz CT molecular complexity index is 2990. The van der Waals surface area contributed by atoms with Crippen LogP contribution in [0, 0.1) is 31.1 Å². The summed E-state index contributed by atoms with van der Waals surface area (Å²) in [7, 11) is -4.37. The van der Waals surface area contributed by atoms with E-state index in [1.165, 1.54) is 12.8 Å². The smallest absolute Gasteiger partial charge is 0.326 e. The minimum Gasteiger partial charge on any atom is -0.489 e. The van der Waals surface area contributed by atoms with E-state index in [2.05, 4.69) is 21.7 Å². The highest BCUT2D eigenvalue weighted by molar-refractivity contribution is 7.91. The van der Waals surface area contributed by atoms with E-state index in [1.54, 1.807) is 43.3 Å². The minimum absolute atomic E-state index is 0.0116. The van der Waals surface area contributed by atoms with Crippen LogP contribution in [0.5, 0.6) is 17.2 Å². The molecule has 5 aromatic carbocycles. The lowest BCUT2D eigenvalue weighted by molar-refractivity contribution is -0.142. The number of benzene rings is 5. The third-order valence-corrected chi connectivity index (χ3v) is 16.8. The first-order chi connectivity index (χ1) is 32.8. The van der Waals surface area contributed by atoms with Gasteiger partial charge in [0, 0.05) is 24.5 Å². The van der Waals surface area contributed by atoms with Crippen LogP contribution < -0.4 is 24.8 Å². The third-order valence-electron chi connectivity index (χ3n) is 12.9. The second kappa shape index (κ2) is 20.0. The number of sulfonamides is 1. The van der Waals surface area contributed by atoms with Gasteiger partial charge in [0.2, 0.25) is 5.91 Å². The number of thiazole rings is 1. The maximum absolute atomic E-state index is 14.9. The number of carboxylic acids is 1. The van der Waals surface area contributed by atoms with Gasteiger partial charge in [0.15, 0.2) is 26.9 Å². The van der Waals surface area contributed by atoms with Crippen LogP contribution in [-0.4, -0.2) is 59.9 Å². The summed E-state index contributed by atoms with van der Waals surface area (Å²) in [6.45, 7) is 4.66. The maximum atomic E-state index is 14.9. The molecule has 0 saturated heterocycles. The summed E-state index contributed by atoms with van der Waals surface area (Å²) in [6, 6.07) is 30.8.